The Kier molecular flexibility index (Phi) is 7.92. The van der Waals surface area contributed by atoms with E-state index in [0.717, 1.165) is 5.56 Å². The maximum atomic E-state index is 12.6. The fraction of sp³-hybridized carbons (Fsp3) is 0.217. The quantitative estimate of drug-likeness (QED) is 0.418. The molecular formula is C23H22ClNO5S. The van der Waals surface area contributed by atoms with Crippen molar-refractivity contribution in [2.75, 3.05) is 25.1 Å². The van der Waals surface area contributed by atoms with E-state index >= 15 is 0 Å². The highest BCUT2D eigenvalue weighted by Gasteiger charge is 2.23. The molecule has 1 aromatic heterocycles. The van der Waals surface area contributed by atoms with Crippen molar-refractivity contribution in [1.29, 1.82) is 0 Å². The lowest BCUT2D eigenvalue weighted by Crippen LogP contribution is -2.21. The molecule has 8 heteroatoms. The molecule has 0 spiro atoms. The van der Waals surface area contributed by atoms with E-state index in [9.17, 15) is 9.59 Å². The molecule has 1 amide bonds. The maximum Gasteiger partial charge on any atom is 0.341 e. The lowest BCUT2D eigenvalue weighted by Gasteiger charge is -2.12. The number of anilines is 1. The lowest BCUT2D eigenvalue weighted by molar-refractivity contribution is -0.118. The first-order valence-electron chi connectivity index (χ1n) is 9.72. The zero-order chi connectivity index (χ0) is 22.2. The van der Waals surface area contributed by atoms with Gasteiger partial charge < -0.3 is 19.5 Å². The normalized spacial score (nSPS) is 10.4. The molecule has 0 saturated heterocycles. The zero-order valence-electron chi connectivity index (χ0n) is 17.1. The number of nitrogens with one attached hydrogen (secondary N) is 1. The van der Waals surface area contributed by atoms with Gasteiger partial charge in [0.25, 0.3) is 5.91 Å². The minimum Gasteiger partial charge on any atom is -0.490 e. The third-order valence-corrected chi connectivity index (χ3v) is 5.33. The Hall–Kier alpha value is -3.03. The van der Waals surface area contributed by atoms with Crippen molar-refractivity contribution in [2.24, 2.45) is 0 Å². The van der Waals surface area contributed by atoms with Crippen LogP contribution in [0.25, 0.3) is 11.1 Å². The van der Waals surface area contributed by atoms with Crippen molar-refractivity contribution in [1.82, 2.24) is 0 Å². The highest BCUT2D eigenvalue weighted by atomic mass is 35.5. The number of carbonyl (C=O) groups is 2. The van der Waals surface area contributed by atoms with Gasteiger partial charge in [0, 0.05) is 16.0 Å². The van der Waals surface area contributed by atoms with E-state index in [2.05, 4.69) is 5.32 Å². The molecule has 1 N–H and O–H groups in total. The van der Waals surface area contributed by atoms with E-state index in [-0.39, 0.29) is 13.2 Å². The summed E-state index contributed by atoms with van der Waals surface area (Å²) >= 11 is 7.22. The molecule has 3 aromatic rings. The van der Waals surface area contributed by atoms with Crippen LogP contribution in [0.5, 0.6) is 11.5 Å². The van der Waals surface area contributed by atoms with Crippen molar-refractivity contribution in [2.45, 2.75) is 13.8 Å². The fourth-order valence-corrected chi connectivity index (χ4v) is 3.95. The van der Waals surface area contributed by atoms with Gasteiger partial charge in [-0.3, -0.25) is 4.79 Å². The molecule has 6 nitrogen and oxygen atoms in total. The summed E-state index contributed by atoms with van der Waals surface area (Å²) in [5.74, 6) is 0.122. The number of rotatable bonds is 9. The molecule has 0 bridgehead atoms. The number of carbonyl (C=O) groups excluding carboxylic acids is 2. The van der Waals surface area contributed by atoms with Gasteiger partial charge in [0.15, 0.2) is 18.1 Å². The van der Waals surface area contributed by atoms with Crippen LogP contribution >= 0.6 is 22.9 Å². The monoisotopic (exact) mass is 459 g/mol. The molecule has 1 heterocycles. The van der Waals surface area contributed by atoms with Gasteiger partial charge in [-0.05, 0) is 43.7 Å². The first kappa shape index (κ1) is 22.7. The van der Waals surface area contributed by atoms with Crippen molar-refractivity contribution in [3.63, 3.8) is 0 Å². The minimum atomic E-state index is -0.508. The Morgan fingerprint density at radius 2 is 1.65 bits per heavy atom. The third-order valence-electron chi connectivity index (χ3n) is 4.19. The number of hydrogen-bond acceptors (Lipinski definition) is 6. The number of amides is 1. The van der Waals surface area contributed by atoms with Crippen LogP contribution in [-0.2, 0) is 9.53 Å². The van der Waals surface area contributed by atoms with Gasteiger partial charge in [0.2, 0.25) is 0 Å². The number of thiophene rings is 1. The fourth-order valence-electron chi connectivity index (χ4n) is 2.85. The summed E-state index contributed by atoms with van der Waals surface area (Å²) in [5, 5.41) is 5.55. The van der Waals surface area contributed by atoms with Crippen LogP contribution in [0.1, 0.15) is 24.2 Å². The maximum absolute atomic E-state index is 12.6. The standard InChI is InChI=1S/C23H22ClNO5S/c1-3-28-18-7-5-6-8-19(18)30-13-20(26)25-22-21(23(27)29-4-2)17(14-31-22)15-9-11-16(24)12-10-15/h5-12,14H,3-4,13H2,1-2H3,(H,25,26). The lowest BCUT2D eigenvalue weighted by atomic mass is 10.0. The third kappa shape index (κ3) is 5.77. The zero-order valence-corrected chi connectivity index (χ0v) is 18.7. The molecule has 0 saturated carbocycles. The van der Waals surface area contributed by atoms with Crippen molar-refractivity contribution < 1.29 is 23.8 Å². The van der Waals surface area contributed by atoms with Gasteiger partial charge in [0.05, 0.1) is 13.2 Å². The van der Waals surface area contributed by atoms with Crippen molar-refractivity contribution >= 4 is 39.8 Å². The molecule has 0 aliphatic heterocycles. The molecule has 3 rings (SSSR count). The molecule has 31 heavy (non-hydrogen) atoms. The van der Waals surface area contributed by atoms with Crippen molar-refractivity contribution in [3.05, 3.63) is 64.5 Å². The predicted molar refractivity (Wildman–Crippen MR) is 122 cm³/mol. The number of ether oxygens (including phenoxy) is 3. The Labute approximate surface area is 189 Å². The first-order chi connectivity index (χ1) is 15.0. The second kappa shape index (κ2) is 10.8. The largest absolute Gasteiger partial charge is 0.490 e. The first-order valence-corrected chi connectivity index (χ1v) is 11.0. The number of esters is 1. The van der Waals surface area contributed by atoms with E-state index in [0.29, 0.717) is 39.3 Å². The van der Waals surface area contributed by atoms with E-state index in [4.69, 9.17) is 25.8 Å². The van der Waals surface area contributed by atoms with E-state index in [1.54, 1.807) is 42.6 Å². The van der Waals surface area contributed by atoms with Crippen LogP contribution in [0.2, 0.25) is 5.02 Å². The van der Waals surface area contributed by atoms with Crippen LogP contribution in [0.4, 0.5) is 5.00 Å². The summed E-state index contributed by atoms with van der Waals surface area (Å²) in [5.41, 5.74) is 1.77. The van der Waals surface area contributed by atoms with Crippen LogP contribution in [-0.4, -0.2) is 31.7 Å². The molecule has 0 fully saturated rings. The van der Waals surface area contributed by atoms with Crippen LogP contribution in [0.15, 0.2) is 53.9 Å². The SMILES string of the molecule is CCOC(=O)c1c(-c2ccc(Cl)cc2)csc1NC(=O)COc1ccccc1OCC. The van der Waals surface area contributed by atoms with Gasteiger partial charge in [-0.1, -0.05) is 35.9 Å². The molecule has 0 unspecified atom stereocenters. The summed E-state index contributed by atoms with van der Waals surface area (Å²) in [6.45, 7) is 4.07. The minimum absolute atomic E-state index is 0.222. The number of hydrogen-bond donors (Lipinski definition) is 1. The second-order valence-corrected chi connectivity index (χ2v) is 7.61. The molecular weight excluding hydrogens is 438 g/mol. The Morgan fingerprint density at radius 3 is 2.29 bits per heavy atom. The van der Waals surface area contributed by atoms with Crippen LogP contribution in [0.3, 0.4) is 0 Å². The van der Waals surface area contributed by atoms with Crippen molar-refractivity contribution in [3.8, 4) is 22.6 Å². The summed E-state index contributed by atoms with van der Waals surface area (Å²) < 4.78 is 16.3. The highest BCUT2D eigenvalue weighted by molar-refractivity contribution is 7.15. The summed E-state index contributed by atoms with van der Waals surface area (Å²) in [4.78, 5) is 25.2. The van der Waals surface area contributed by atoms with E-state index < -0.39 is 11.9 Å². The molecule has 0 aliphatic rings. The molecule has 0 atom stereocenters. The number of benzene rings is 2. The van der Waals surface area contributed by atoms with E-state index in [1.165, 1.54) is 11.3 Å². The van der Waals surface area contributed by atoms with Gasteiger partial charge in [-0.15, -0.1) is 11.3 Å². The Balaban J connectivity index is 1.78. The summed E-state index contributed by atoms with van der Waals surface area (Å²) in [7, 11) is 0. The second-order valence-electron chi connectivity index (χ2n) is 6.30. The number of halogens is 1. The molecule has 0 aliphatic carbocycles. The van der Waals surface area contributed by atoms with Crippen LogP contribution < -0.4 is 14.8 Å². The van der Waals surface area contributed by atoms with E-state index in [1.807, 2.05) is 25.1 Å². The smallest absolute Gasteiger partial charge is 0.341 e. The molecule has 0 radical (unpaired) electrons. The van der Waals surface area contributed by atoms with Gasteiger partial charge >= 0.3 is 5.97 Å². The van der Waals surface area contributed by atoms with Gasteiger partial charge in [-0.25, -0.2) is 4.79 Å². The average Bonchev–Trinajstić information content (AvgIpc) is 3.17. The van der Waals surface area contributed by atoms with Crippen LogP contribution in [0, 0.1) is 0 Å². The van der Waals surface area contributed by atoms with Gasteiger partial charge in [-0.2, -0.15) is 0 Å². The Bertz CT molecular complexity index is 1050. The average molecular weight is 460 g/mol. The summed E-state index contributed by atoms with van der Waals surface area (Å²) in [6, 6.07) is 14.2. The highest BCUT2D eigenvalue weighted by Crippen LogP contribution is 2.36. The Morgan fingerprint density at radius 1 is 0.968 bits per heavy atom. The molecule has 162 valence electrons. The molecule has 2 aromatic carbocycles. The number of para-hydroxylation sites is 2. The topological polar surface area (TPSA) is 73.9 Å². The summed E-state index contributed by atoms with van der Waals surface area (Å²) in [6.07, 6.45) is 0. The predicted octanol–water partition coefficient (Wildman–Crippen LogP) is 5.66. The van der Waals surface area contributed by atoms with Gasteiger partial charge in [0.1, 0.15) is 10.6 Å².